The van der Waals surface area contributed by atoms with Gasteiger partial charge in [-0.05, 0) is 49.1 Å². The molecule has 1 fully saturated rings. The Morgan fingerprint density at radius 3 is 2.81 bits per heavy atom. The van der Waals surface area contributed by atoms with E-state index in [1.807, 2.05) is 0 Å². The predicted octanol–water partition coefficient (Wildman–Crippen LogP) is 2.76. The lowest BCUT2D eigenvalue weighted by molar-refractivity contribution is 0.0381. The number of nitrogen functional groups attached to an aromatic ring is 1. The van der Waals surface area contributed by atoms with Crippen molar-refractivity contribution >= 4 is 22.6 Å². The second-order valence-electron chi connectivity index (χ2n) is 6.67. The van der Waals surface area contributed by atoms with Crippen LogP contribution in [0.5, 0.6) is 0 Å². The molecule has 0 amide bonds. The molecule has 0 radical (unpaired) electrons. The molecule has 7 heteroatoms. The Labute approximate surface area is 148 Å². The van der Waals surface area contributed by atoms with E-state index >= 15 is 0 Å². The topological polar surface area (TPSA) is 102 Å². The fourth-order valence-electron chi connectivity index (χ4n) is 3.27. The first-order chi connectivity index (χ1) is 12.5. The summed E-state index contributed by atoms with van der Waals surface area (Å²) in [7, 11) is 0. The zero-order chi connectivity index (χ0) is 18.3. The Morgan fingerprint density at radius 1 is 1.23 bits per heavy atom. The van der Waals surface area contributed by atoms with Gasteiger partial charge in [-0.1, -0.05) is 0 Å². The van der Waals surface area contributed by atoms with E-state index in [-0.39, 0.29) is 23.6 Å². The number of rotatable bonds is 4. The molecule has 0 atom stereocenters. The van der Waals surface area contributed by atoms with Crippen molar-refractivity contribution < 1.29 is 14.3 Å². The number of anilines is 1. The van der Waals surface area contributed by atoms with E-state index in [1.165, 1.54) is 18.5 Å². The van der Waals surface area contributed by atoms with Crippen molar-refractivity contribution in [2.45, 2.75) is 25.4 Å². The van der Waals surface area contributed by atoms with Gasteiger partial charge in [-0.25, -0.2) is 19.3 Å². The van der Waals surface area contributed by atoms with Gasteiger partial charge in [-0.2, -0.15) is 0 Å². The fraction of sp³-hybridized carbons (Fsp3) is 0.263. The molecule has 4 rings (SSSR count). The van der Waals surface area contributed by atoms with Crippen LogP contribution in [0.4, 0.5) is 10.2 Å². The second-order valence-corrected chi connectivity index (χ2v) is 6.67. The molecule has 0 spiro atoms. The van der Waals surface area contributed by atoms with Gasteiger partial charge in [0.25, 0.3) is 0 Å². The third kappa shape index (κ3) is 3.13. The summed E-state index contributed by atoms with van der Waals surface area (Å²) in [5, 5.41) is 9.35. The molecule has 3 N–H and O–H groups in total. The number of fused-ring (bicyclic) bond motifs is 1. The van der Waals surface area contributed by atoms with Crippen molar-refractivity contribution in [3.05, 3.63) is 48.0 Å². The van der Waals surface area contributed by atoms with Gasteiger partial charge in [-0.15, -0.1) is 0 Å². The van der Waals surface area contributed by atoms with Crippen molar-refractivity contribution in [3.63, 3.8) is 0 Å². The highest BCUT2D eigenvalue weighted by Gasteiger charge is 2.29. The Balaban J connectivity index is 1.67. The molecule has 6 nitrogen and oxygen atoms in total. The number of hydrogen-bond donors (Lipinski definition) is 2. The fourth-order valence-corrected chi connectivity index (χ4v) is 3.27. The lowest BCUT2D eigenvalue weighted by Crippen LogP contribution is -2.30. The molecule has 132 valence electrons. The number of nitrogens with zero attached hydrogens (tertiary/aromatic N) is 3. The molecule has 26 heavy (non-hydrogen) atoms. The Hall–Kier alpha value is -2.93. The number of halogens is 1. The average molecular weight is 352 g/mol. The lowest BCUT2D eigenvalue weighted by Gasteiger charge is -2.30. The van der Waals surface area contributed by atoms with Crippen LogP contribution in [-0.2, 0) is 0 Å². The van der Waals surface area contributed by atoms with Gasteiger partial charge in [0.15, 0.2) is 11.6 Å². The van der Waals surface area contributed by atoms with Crippen molar-refractivity contribution in [2.75, 3.05) is 5.73 Å². The van der Waals surface area contributed by atoms with Crippen molar-refractivity contribution in [1.82, 2.24) is 15.0 Å². The number of nitrogens with two attached hydrogens (primary N) is 1. The molecule has 1 aliphatic carbocycles. The zero-order valence-corrected chi connectivity index (χ0v) is 13.9. The second kappa shape index (κ2) is 6.42. The minimum absolute atomic E-state index is 0.133. The number of pyridine rings is 1. The molecular formula is C19H17FN4O2. The van der Waals surface area contributed by atoms with Gasteiger partial charge in [0.2, 0.25) is 0 Å². The number of carbonyl (C=O) groups is 1. The van der Waals surface area contributed by atoms with Crippen LogP contribution in [0.25, 0.3) is 22.3 Å². The first kappa shape index (κ1) is 16.5. The zero-order valence-electron chi connectivity index (χ0n) is 13.9. The van der Waals surface area contributed by atoms with Crippen LogP contribution < -0.4 is 5.73 Å². The maximum absolute atomic E-state index is 14.1. The molecular weight excluding hydrogens is 335 g/mol. The summed E-state index contributed by atoms with van der Waals surface area (Å²) in [6, 6.07) is 7.64. The number of ketones is 1. The van der Waals surface area contributed by atoms with E-state index in [9.17, 15) is 14.3 Å². The maximum Gasteiger partial charge on any atom is 0.163 e. The summed E-state index contributed by atoms with van der Waals surface area (Å²) in [6.45, 7) is 0. The lowest BCUT2D eigenvalue weighted by atomic mass is 9.78. The highest BCUT2D eigenvalue weighted by Crippen LogP contribution is 2.32. The average Bonchev–Trinajstić information content (AvgIpc) is 2.60. The van der Waals surface area contributed by atoms with E-state index in [2.05, 4.69) is 15.0 Å². The largest absolute Gasteiger partial charge is 0.393 e. The van der Waals surface area contributed by atoms with E-state index < -0.39 is 5.82 Å². The van der Waals surface area contributed by atoms with Crippen LogP contribution in [0, 0.1) is 11.7 Å². The number of aliphatic hydroxyl groups is 1. The van der Waals surface area contributed by atoms with Crippen molar-refractivity contribution in [1.29, 1.82) is 0 Å². The third-order valence-corrected chi connectivity index (χ3v) is 4.71. The quantitative estimate of drug-likeness (QED) is 0.700. The van der Waals surface area contributed by atoms with E-state index in [1.54, 1.807) is 18.2 Å². The van der Waals surface area contributed by atoms with Gasteiger partial charge in [-0.3, -0.25) is 4.79 Å². The number of aliphatic hydroxyl groups excluding tert-OH is 1. The summed E-state index contributed by atoms with van der Waals surface area (Å²) < 4.78 is 14.1. The molecule has 1 aromatic carbocycles. The van der Waals surface area contributed by atoms with E-state index in [0.717, 1.165) is 0 Å². The molecule has 0 aliphatic heterocycles. The molecule has 0 saturated heterocycles. The highest BCUT2D eigenvalue weighted by atomic mass is 19.1. The Kier molecular flexibility index (Phi) is 4.08. The monoisotopic (exact) mass is 352 g/mol. The number of hydrogen-bond acceptors (Lipinski definition) is 6. The maximum atomic E-state index is 14.1. The first-order valence-electron chi connectivity index (χ1n) is 8.39. The Bertz CT molecular complexity index is 1000. The van der Waals surface area contributed by atoms with E-state index in [0.29, 0.717) is 47.1 Å². The van der Waals surface area contributed by atoms with Gasteiger partial charge in [0, 0.05) is 17.5 Å². The number of carbonyl (C=O) groups excluding carboxylic acids is 1. The summed E-state index contributed by atoms with van der Waals surface area (Å²) in [4.78, 5) is 24.9. The molecule has 1 aliphatic rings. The van der Waals surface area contributed by atoms with Crippen LogP contribution in [0.2, 0.25) is 0 Å². The number of Topliss-reactive ketones (excluding diaryl/α,β-unsaturated/α-hetero) is 1. The SMILES string of the molecule is Nc1ncnc2ccc(-c3cc(F)cc(C(=O)CC4CC(O)C4)c3)nc12. The first-order valence-corrected chi connectivity index (χ1v) is 8.39. The smallest absolute Gasteiger partial charge is 0.163 e. The van der Waals surface area contributed by atoms with Gasteiger partial charge < -0.3 is 10.8 Å². The van der Waals surface area contributed by atoms with Crippen LogP contribution >= 0.6 is 0 Å². The normalized spacial score (nSPS) is 19.3. The number of benzene rings is 1. The van der Waals surface area contributed by atoms with Gasteiger partial charge in [0.1, 0.15) is 17.7 Å². The van der Waals surface area contributed by atoms with Crippen LogP contribution in [-0.4, -0.2) is 31.9 Å². The summed E-state index contributed by atoms with van der Waals surface area (Å²) in [5.74, 6) is -0.224. The molecule has 2 heterocycles. The minimum Gasteiger partial charge on any atom is -0.393 e. The molecule has 3 aromatic rings. The van der Waals surface area contributed by atoms with Crippen LogP contribution in [0.3, 0.4) is 0 Å². The molecule has 0 bridgehead atoms. The van der Waals surface area contributed by atoms with Crippen LogP contribution in [0.15, 0.2) is 36.7 Å². The predicted molar refractivity (Wildman–Crippen MR) is 94.8 cm³/mol. The molecule has 2 aromatic heterocycles. The van der Waals surface area contributed by atoms with Crippen molar-refractivity contribution in [2.24, 2.45) is 5.92 Å². The molecule has 1 saturated carbocycles. The van der Waals surface area contributed by atoms with Gasteiger partial charge >= 0.3 is 0 Å². The standard InChI is InChI=1S/C19H17FN4O2/c20-13-7-11(6-12(8-13)17(26)5-10-3-14(25)4-10)15-1-2-16-18(24-15)19(21)23-9-22-16/h1-2,6-10,14,25H,3-5H2,(H2,21,22,23). The third-order valence-electron chi connectivity index (χ3n) is 4.71. The summed E-state index contributed by atoms with van der Waals surface area (Å²) in [5.41, 5.74) is 8.16. The van der Waals surface area contributed by atoms with Crippen LogP contribution in [0.1, 0.15) is 29.6 Å². The molecule has 0 unspecified atom stereocenters. The van der Waals surface area contributed by atoms with E-state index in [4.69, 9.17) is 5.73 Å². The Morgan fingerprint density at radius 2 is 2.04 bits per heavy atom. The number of aromatic nitrogens is 3. The van der Waals surface area contributed by atoms with Crippen molar-refractivity contribution in [3.8, 4) is 11.3 Å². The minimum atomic E-state index is -0.501. The summed E-state index contributed by atoms with van der Waals surface area (Å²) in [6.07, 6.45) is 2.60. The highest BCUT2D eigenvalue weighted by molar-refractivity contribution is 5.97. The summed E-state index contributed by atoms with van der Waals surface area (Å²) >= 11 is 0. The van der Waals surface area contributed by atoms with Gasteiger partial charge in [0.05, 0.1) is 17.3 Å².